The molecule has 0 aliphatic carbocycles. The van der Waals surface area contributed by atoms with Crippen LogP contribution in [0.1, 0.15) is 26.3 Å². The zero-order valence-electron chi connectivity index (χ0n) is 17.7. The first-order chi connectivity index (χ1) is 14.0. The number of nitrogens with zero attached hydrogens (tertiary/aromatic N) is 1. The summed E-state index contributed by atoms with van der Waals surface area (Å²) in [7, 11) is 1.59. The number of rotatable bonds is 11. The number of hydrogen-bond acceptors (Lipinski definition) is 4. The number of benzene rings is 2. The zero-order valence-corrected chi connectivity index (χ0v) is 17.7. The molecule has 0 saturated heterocycles. The van der Waals surface area contributed by atoms with E-state index < -0.39 is 0 Å². The molecule has 1 amide bonds. The first-order valence-electron chi connectivity index (χ1n) is 10.0. The standard InChI is InChI=1S/C23H31FN2O3/c1-5-26(6-2)12-13-29-22-16-20(10-11-21(22)28-4)25-23(27)17(3)14-18-8-7-9-19(24)15-18/h7-11,15-17H,5-6,12-14H2,1-4H3,(H,25,27). The molecule has 0 aliphatic heterocycles. The minimum atomic E-state index is -0.300. The van der Waals surface area contributed by atoms with Crippen LogP contribution in [0.3, 0.4) is 0 Å². The lowest BCUT2D eigenvalue weighted by atomic mass is 10.00. The number of ether oxygens (including phenoxy) is 2. The molecule has 0 bridgehead atoms. The summed E-state index contributed by atoms with van der Waals surface area (Å²) in [5.74, 6) is 0.488. The Hall–Kier alpha value is -2.60. The topological polar surface area (TPSA) is 50.8 Å². The normalized spacial score (nSPS) is 11.9. The number of carbonyl (C=O) groups is 1. The minimum Gasteiger partial charge on any atom is -0.493 e. The van der Waals surface area contributed by atoms with Gasteiger partial charge in [0.15, 0.2) is 11.5 Å². The third-order valence-electron chi connectivity index (χ3n) is 4.87. The van der Waals surface area contributed by atoms with Crippen molar-refractivity contribution in [2.75, 3.05) is 38.7 Å². The second-order valence-corrected chi connectivity index (χ2v) is 6.97. The predicted molar refractivity (Wildman–Crippen MR) is 114 cm³/mol. The Labute approximate surface area is 172 Å². The highest BCUT2D eigenvalue weighted by molar-refractivity contribution is 5.92. The molecule has 0 aromatic heterocycles. The van der Waals surface area contributed by atoms with Gasteiger partial charge in [-0.05, 0) is 49.3 Å². The second kappa shape index (κ2) is 11.4. The predicted octanol–water partition coefficient (Wildman–Crippen LogP) is 4.37. The first kappa shape index (κ1) is 22.7. The molecular weight excluding hydrogens is 371 g/mol. The Balaban J connectivity index is 1.99. The van der Waals surface area contributed by atoms with Crippen molar-refractivity contribution in [3.05, 3.63) is 53.8 Å². The molecule has 2 aromatic rings. The Bertz CT molecular complexity index is 793. The van der Waals surface area contributed by atoms with E-state index in [1.165, 1.54) is 12.1 Å². The van der Waals surface area contributed by atoms with Gasteiger partial charge in [0, 0.05) is 24.2 Å². The van der Waals surface area contributed by atoms with E-state index >= 15 is 0 Å². The van der Waals surface area contributed by atoms with Crippen LogP contribution in [0.15, 0.2) is 42.5 Å². The van der Waals surface area contributed by atoms with Gasteiger partial charge in [-0.3, -0.25) is 4.79 Å². The van der Waals surface area contributed by atoms with Gasteiger partial charge in [-0.1, -0.05) is 32.9 Å². The molecule has 2 rings (SSSR count). The second-order valence-electron chi connectivity index (χ2n) is 6.97. The monoisotopic (exact) mass is 402 g/mol. The van der Waals surface area contributed by atoms with Gasteiger partial charge in [-0.25, -0.2) is 4.39 Å². The molecule has 1 N–H and O–H groups in total. The van der Waals surface area contributed by atoms with Crippen molar-refractivity contribution in [3.8, 4) is 11.5 Å². The molecule has 0 radical (unpaired) electrons. The van der Waals surface area contributed by atoms with Crippen LogP contribution < -0.4 is 14.8 Å². The molecule has 1 unspecified atom stereocenters. The summed E-state index contributed by atoms with van der Waals surface area (Å²) in [6.45, 7) is 9.34. The van der Waals surface area contributed by atoms with Gasteiger partial charge in [0.1, 0.15) is 12.4 Å². The average Bonchev–Trinajstić information content (AvgIpc) is 2.71. The number of carbonyl (C=O) groups excluding carboxylic acids is 1. The minimum absolute atomic E-state index is 0.131. The summed E-state index contributed by atoms with van der Waals surface area (Å²) in [5, 5.41) is 2.91. The quantitative estimate of drug-likeness (QED) is 0.606. The van der Waals surface area contributed by atoms with Crippen LogP contribution in [0.4, 0.5) is 10.1 Å². The van der Waals surface area contributed by atoms with Crippen molar-refractivity contribution >= 4 is 11.6 Å². The maximum atomic E-state index is 13.3. The molecule has 0 heterocycles. The van der Waals surface area contributed by atoms with E-state index in [0.29, 0.717) is 30.2 Å². The van der Waals surface area contributed by atoms with E-state index in [4.69, 9.17) is 9.47 Å². The van der Waals surface area contributed by atoms with Gasteiger partial charge in [0.25, 0.3) is 0 Å². The van der Waals surface area contributed by atoms with E-state index in [-0.39, 0.29) is 17.6 Å². The summed E-state index contributed by atoms with van der Waals surface area (Å²) in [6, 6.07) is 11.7. The summed E-state index contributed by atoms with van der Waals surface area (Å²) >= 11 is 0. The lowest BCUT2D eigenvalue weighted by Gasteiger charge is -2.19. The number of hydrogen-bond donors (Lipinski definition) is 1. The number of halogens is 1. The summed E-state index contributed by atoms with van der Waals surface area (Å²) in [4.78, 5) is 14.8. The van der Waals surface area contributed by atoms with Crippen molar-refractivity contribution in [1.82, 2.24) is 4.90 Å². The fourth-order valence-electron chi connectivity index (χ4n) is 3.07. The molecule has 158 valence electrons. The van der Waals surface area contributed by atoms with Gasteiger partial charge < -0.3 is 19.7 Å². The van der Waals surface area contributed by atoms with E-state index in [2.05, 4.69) is 24.1 Å². The van der Waals surface area contributed by atoms with Crippen LogP contribution in [0, 0.1) is 11.7 Å². The summed E-state index contributed by atoms with van der Waals surface area (Å²) in [5.41, 5.74) is 1.43. The Morgan fingerprint density at radius 2 is 1.90 bits per heavy atom. The maximum Gasteiger partial charge on any atom is 0.227 e. The van der Waals surface area contributed by atoms with Crippen molar-refractivity contribution in [1.29, 1.82) is 0 Å². The smallest absolute Gasteiger partial charge is 0.227 e. The van der Waals surface area contributed by atoms with Crippen molar-refractivity contribution in [3.63, 3.8) is 0 Å². The van der Waals surface area contributed by atoms with Crippen molar-refractivity contribution in [2.45, 2.75) is 27.2 Å². The molecule has 0 spiro atoms. The lowest BCUT2D eigenvalue weighted by Crippen LogP contribution is -2.28. The van der Waals surface area contributed by atoms with Gasteiger partial charge >= 0.3 is 0 Å². The van der Waals surface area contributed by atoms with Crippen LogP contribution in [-0.4, -0.2) is 44.2 Å². The molecule has 29 heavy (non-hydrogen) atoms. The van der Waals surface area contributed by atoms with Crippen molar-refractivity contribution in [2.24, 2.45) is 5.92 Å². The third kappa shape index (κ3) is 7.06. The summed E-state index contributed by atoms with van der Waals surface area (Å²) in [6.07, 6.45) is 0.465. The van der Waals surface area contributed by atoms with Crippen LogP contribution in [0.5, 0.6) is 11.5 Å². The summed E-state index contributed by atoms with van der Waals surface area (Å²) < 4.78 is 24.6. The fourth-order valence-corrected chi connectivity index (χ4v) is 3.07. The van der Waals surface area contributed by atoms with E-state index in [1.807, 2.05) is 13.0 Å². The highest BCUT2D eigenvalue weighted by Crippen LogP contribution is 2.30. The Morgan fingerprint density at radius 1 is 1.14 bits per heavy atom. The third-order valence-corrected chi connectivity index (χ3v) is 4.87. The van der Waals surface area contributed by atoms with Gasteiger partial charge in [0.05, 0.1) is 7.11 Å². The largest absolute Gasteiger partial charge is 0.493 e. The molecule has 6 heteroatoms. The molecular formula is C23H31FN2O3. The number of anilines is 1. The molecule has 0 saturated carbocycles. The molecule has 2 aromatic carbocycles. The lowest BCUT2D eigenvalue weighted by molar-refractivity contribution is -0.119. The Morgan fingerprint density at radius 3 is 2.55 bits per heavy atom. The molecule has 5 nitrogen and oxygen atoms in total. The molecule has 0 fully saturated rings. The van der Waals surface area contributed by atoms with Gasteiger partial charge in [-0.15, -0.1) is 0 Å². The highest BCUT2D eigenvalue weighted by Gasteiger charge is 2.15. The first-order valence-corrected chi connectivity index (χ1v) is 10.0. The van der Waals surface area contributed by atoms with Crippen LogP contribution in [0.2, 0.25) is 0 Å². The van der Waals surface area contributed by atoms with Gasteiger partial charge in [-0.2, -0.15) is 0 Å². The number of nitrogens with one attached hydrogen (secondary N) is 1. The number of likely N-dealkylation sites (N-methyl/N-ethyl adjacent to an activating group) is 1. The van der Waals surface area contributed by atoms with Crippen LogP contribution >= 0.6 is 0 Å². The van der Waals surface area contributed by atoms with Crippen LogP contribution in [-0.2, 0) is 11.2 Å². The SMILES string of the molecule is CCN(CC)CCOc1cc(NC(=O)C(C)Cc2cccc(F)c2)ccc1OC. The van der Waals surface area contributed by atoms with Crippen LogP contribution in [0.25, 0.3) is 0 Å². The highest BCUT2D eigenvalue weighted by atomic mass is 19.1. The zero-order chi connectivity index (χ0) is 21.2. The molecule has 1 atom stereocenters. The van der Waals surface area contributed by atoms with E-state index in [1.54, 1.807) is 31.4 Å². The maximum absolute atomic E-state index is 13.3. The Kier molecular flexibility index (Phi) is 8.93. The van der Waals surface area contributed by atoms with E-state index in [0.717, 1.165) is 25.2 Å². The van der Waals surface area contributed by atoms with Gasteiger partial charge in [0.2, 0.25) is 5.91 Å². The number of amides is 1. The molecule has 0 aliphatic rings. The fraction of sp³-hybridized carbons (Fsp3) is 0.435. The average molecular weight is 403 g/mol. The van der Waals surface area contributed by atoms with Crippen molar-refractivity contribution < 1.29 is 18.7 Å². The van der Waals surface area contributed by atoms with E-state index in [9.17, 15) is 9.18 Å². The number of methoxy groups -OCH3 is 1.